The van der Waals surface area contributed by atoms with Crippen LogP contribution in [-0.4, -0.2) is 74.2 Å². The molecule has 1 unspecified atom stereocenters. The second-order valence-corrected chi connectivity index (χ2v) is 13.4. The number of aromatic nitrogens is 2. The van der Waals surface area contributed by atoms with Crippen molar-refractivity contribution in [1.29, 1.82) is 0 Å². The van der Waals surface area contributed by atoms with E-state index in [1.165, 1.54) is 6.92 Å². The molecule has 6 atom stereocenters. The Morgan fingerprint density at radius 1 is 1.33 bits per heavy atom. The highest BCUT2D eigenvalue weighted by atomic mass is 35.5. The Morgan fingerprint density at radius 2 is 1.97 bits per heavy atom. The smallest absolute Gasteiger partial charge is 0.406 e. The van der Waals surface area contributed by atoms with Crippen LogP contribution >= 0.6 is 31.1 Å². The summed E-state index contributed by atoms with van der Waals surface area (Å²) >= 11 is 6.81. The molecular formula is C22H34ClFN3O10PS. The Hall–Kier alpha value is -1.58. The molecule has 0 saturated carbocycles. The number of hydrogen-bond acceptors (Lipinski definition) is 11. The molecule has 0 amide bonds. The molecule has 2 rings (SSSR count). The summed E-state index contributed by atoms with van der Waals surface area (Å²) in [5.74, 6) is -0.654. The summed E-state index contributed by atoms with van der Waals surface area (Å²) in [4.78, 5) is 49.8. The number of rotatable bonds is 12. The van der Waals surface area contributed by atoms with E-state index < -0.39 is 72.7 Å². The van der Waals surface area contributed by atoms with Gasteiger partial charge in [0, 0.05) is 23.4 Å². The molecule has 1 aliphatic heterocycles. The van der Waals surface area contributed by atoms with Gasteiger partial charge < -0.3 is 14.6 Å². The fraction of sp³-hybridized carbons (Fsp3) is 0.727. The van der Waals surface area contributed by atoms with Crippen molar-refractivity contribution in [3.8, 4) is 0 Å². The molecule has 0 radical (unpaired) electrons. The molecular weight excluding hydrogens is 584 g/mol. The number of halogens is 2. The highest BCUT2D eigenvalue weighted by Crippen LogP contribution is 2.48. The van der Waals surface area contributed by atoms with E-state index in [0.717, 1.165) is 24.0 Å². The molecule has 17 heteroatoms. The van der Waals surface area contributed by atoms with Gasteiger partial charge in [0.15, 0.2) is 11.3 Å². The van der Waals surface area contributed by atoms with E-state index >= 15 is 4.39 Å². The molecule has 3 N–H and O–H groups in total. The number of carbonyl (C=O) groups is 2. The number of aromatic amines is 1. The molecule has 2 heterocycles. The van der Waals surface area contributed by atoms with Crippen molar-refractivity contribution in [3.05, 3.63) is 33.1 Å². The van der Waals surface area contributed by atoms with Gasteiger partial charge >= 0.3 is 19.4 Å². The average Bonchev–Trinajstić information content (AvgIpc) is 3.03. The summed E-state index contributed by atoms with van der Waals surface area (Å²) in [6, 6.07) is -0.239. The summed E-state index contributed by atoms with van der Waals surface area (Å²) in [6.07, 6.45) is -5.02. The maximum Gasteiger partial charge on any atom is 0.406 e. The third-order valence-electron chi connectivity index (χ3n) is 5.14. The van der Waals surface area contributed by atoms with E-state index in [-0.39, 0.29) is 17.5 Å². The topological polar surface area (TPSA) is 175 Å². The molecule has 0 aromatic carbocycles. The van der Waals surface area contributed by atoms with Crippen LogP contribution in [0.15, 0.2) is 21.9 Å². The first-order valence-corrected chi connectivity index (χ1v) is 14.9. The molecule has 0 bridgehead atoms. The van der Waals surface area contributed by atoms with E-state index in [1.54, 1.807) is 34.6 Å². The Balaban J connectivity index is 2.16. The van der Waals surface area contributed by atoms with Gasteiger partial charge in [-0.25, -0.2) is 18.8 Å². The summed E-state index contributed by atoms with van der Waals surface area (Å²) in [6.45, 7) is 8.83. The summed E-state index contributed by atoms with van der Waals surface area (Å²) < 4.78 is 50.6. The quantitative estimate of drug-likeness (QED) is 0.135. The number of H-pyrrole nitrogens is 1. The zero-order valence-electron chi connectivity index (χ0n) is 22.3. The minimum absolute atomic E-state index is 0.102. The Morgan fingerprint density at radius 3 is 2.54 bits per heavy atom. The monoisotopic (exact) mass is 617 g/mol. The molecule has 0 aliphatic carbocycles. The largest absolute Gasteiger partial charge is 0.462 e. The van der Waals surface area contributed by atoms with Crippen molar-refractivity contribution in [2.45, 2.75) is 77.3 Å². The molecule has 222 valence electrons. The number of ether oxygens (including phenoxy) is 2. The van der Waals surface area contributed by atoms with E-state index in [1.807, 2.05) is 4.98 Å². The normalized spacial score (nSPS) is 25.8. The molecule has 13 nitrogen and oxygen atoms in total. The predicted octanol–water partition coefficient (Wildman–Crippen LogP) is 2.08. The van der Waals surface area contributed by atoms with Crippen LogP contribution in [0.25, 0.3) is 0 Å². The summed E-state index contributed by atoms with van der Waals surface area (Å²) in [7, 11) is -4.35. The Labute approximate surface area is 233 Å². The van der Waals surface area contributed by atoms with Gasteiger partial charge in [-0.1, -0.05) is 44.1 Å². The zero-order valence-corrected chi connectivity index (χ0v) is 24.8. The number of aliphatic hydroxyl groups is 1. The fourth-order valence-corrected chi connectivity index (χ4v) is 5.82. The van der Waals surface area contributed by atoms with Gasteiger partial charge in [0.25, 0.3) is 10.7 Å². The third kappa shape index (κ3) is 9.22. The fourth-order valence-electron chi connectivity index (χ4n) is 3.13. The molecule has 1 aliphatic rings. The van der Waals surface area contributed by atoms with Gasteiger partial charge in [-0.15, -0.1) is 0 Å². The van der Waals surface area contributed by atoms with Crippen LogP contribution in [0.4, 0.5) is 4.39 Å². The molecule has 1 fully saturated rings. The lowest BCUT2D eigenvalue weighted by molar-refractivity contribution is -0.149. The minimum Gasteiger partial charge on any atom is -0.462 e. The number of hydrogen-bond donors (Lipinski definition) is 3. The maximum atomic E-state index is 15.2. The van der Waals surface area contributed by atoms with E-state index in [0.29, 0.717) is 4.57 Å². The first kappa shape index (κ1) is 33.6. The number of aliphatic hydroxyl groups excluding tert-OH is 1. The van der Waals surface area contributed by atoms with Gasteiger partial charge in [-0.2, -0.15) is 0 Å². The lowest BCUT2D eigenvalue weighted by Gasteiger charge is -2.25. The highest BCUT2D eigenvalue weighted by Gasteiger charge is 2.58. The lowest BCUT2D eigenvalue weighted by atomic mass is 10.00. The van der Waals surface area contributed by atoms with Crippen LogP contribution < -0.4 is 16.3 Å². The minimum atomic E-state index is -4.35. The highest BCUT2D eigenvalue weighted by molar-refractivity contribution is 8.13. The van der Waals surface area contributed by atoms with Gasteiger partial charge in [0.2, 0.25) is 0 Å². The molecule has 39 heavy (non-hydrogen) atoms. The second kappa shape index (κ2) is 13.4. The van der Waals surface area contributed by atoms with Crippen molar-refractivity contribution in [1.82, 2.24) is 14.6 Å². The van der Waals surface area contributed by atoms with E-state index in [4.69, 9.17) is 30.1 Å². The molecule has 1 aromatic rings. The van der Waals surface area contributed by atoms with E-state index in [9.17, 15) is 28.8 Å². The van der Waals surface area contributed by atoms with Crippen LogP contribution in [0.2, 0.25) is 0 Å². The Bertz CT molecular complexity index is 1190. The van der Waals surface area contributed by atoms with Crippen LogP contribution in [0.3, 0.4) is 0 Å². The van der Waals surface area contributed by atoms with Crippen LogP contribution in [0.5, 0.6) is 0 Å². The number of thioether (sulfide) groups is 1. The standard InChI is InChI=1S/C22H34ClFN3O10PS/c1-12(2)36-17(30)13(3)26-38(33,34-9-10-39-19(31)21(4,5)6)35-11-14-16(29)22(23,24)18(37-14)27-8-7-15(28)25-20(27)32/h7-8,12-14,16,18,29H,9-11H2,1-6H3,(H,26,33)(H,25,28,32)/t13-,14+,16+,18+,22-,38?/m0/s1. The van der Waals surface area contributed by atoms with Crippen molar-refractivity contribution < 1.29 is 42.2 Å². The Kier molecular flexibility index (Phi) is 11.5. The van der Waals surface area contributed by atoms with Gasteiger partial charge in [0.1, 0.15) is 18.2 Å². The molecule has 0 spiro atoms. The lowest BCUT2D eigenvalue weighted by Crippen LogP contribution is -2.42. The summed E-state index contributed by atoms with van der Waals surface area (Å²) in [5.41, 5.74) is -2.40. The van der Waals surface area contributed by atoms with Crippen LogP contribution in [0, 0.1) is 5.41 Å². The maximum absolute atomic E-state index is 15.2. The zero-order chi connectivity index (χ0) is 29.8. The number of nitrogens with one attached hydrogen (secondary N) is 2. The first-order valence-electron chi connectivity index (χ1n) is 11.9. The van der Waals surface area contributed by atoms with Crippen molar-refractivity contribution in [2.75, 3.05) is 19.0 Å². The number of nitrogens with zero attached hydrogens (tertiary/aromatic N) is 1. The molecule has 1 aromatic heterocycles. The van der Waals surface area contributed by atoms with E-state index in [2.05, 4.69) is 5.09 Å². The average molecular weight is 618 g/mol. The number of alkyl halides is 2. The first-order chi connectivity index (χ1) is 17.9. The van der Waals surface area contributed by atoms with Crippen LogP contribution in [0.1, 0.15) is 47.8 Å². The van der Waals surface area contributed by atoms with Gasteiger partial charge in [0.05, 0.1) is 19.3 Å². The van der Waals surface area contributed by atoms with Crippen molar-refractivity contribution in [2.24, 2.45) is 5.41 Å². The van der Waals surface area contributed by atoms with Gasteiger partial charge in [-0.05, 0) is 20.8 Å². The second-order valence-electron chi connectivity index (χ2n) is 10.0. The van der Waals surface area contributed by atoms with Crippen molar-refractivity contribution in [3.63, 3.8) is 0 Å². The third-order valence-corrected chi connectivity index (χ3v) is 8.51. The SMILES string of the molecule is CC(C)OC(=O)[C@H](C)NP(=O)(OCCSC(=O)C(C)(C)C)OC[C@H]1O[C@@H](n2ccc(=O)[nH]c2=O)[C@](F)(Cl)[C@@H]1O. The number of esters is 1. The van der Waals surface area contributed by atoms with Crippen molar-refractivity contribution >= 4 is 42.2 Å². The molecule has 1 saturated heterocycles. The number of carbonyl (C=O) groups excluding carboxylic acids is 2. The predicted molar refractivity (Wildman–Crippen MR) is 141 cm³/mol. The van der Waals surface area contributed by atoms with Crippen LogP contribution in [-0.2, 0) is 32.7 Å². The summed E-state index contributed by atoms with van der Waals surface area (Å²) in [5, 5.41) is 9.70. The van der Waals surface area contributed by atoms with Gasteiger partial charge in [-0.3, -0.25) is 33.0 Å².